The third-order valence-electron chi connectivity index (χ3n) is 3.91. The van der Waals surface area contributed by atoms with Crippen LogP contribution in [-0.2, 0) is 22.4 Å². The molecule has 112 valence electrons. The molecule has 6 heteroatoms. The van der Waals surface area contributed by atoms with E-state index in [4.69, 9.17) is 4.74 Å². The molecule has 5 nitrogen and oxygen atoms in total. The Morgan fingerprint density at radius 3 is 3.00 bits per heavy atom. The number of rotatable bonds is 2. The zero-order chi connectivity index (χ0) is 15.1. The lowest BCUT2D eigenvalue weighted by Crippen LogP contribution is -2.17. The van der Waals surface area contributed by atoms with Gasteiger partial charge in [-0.1, -0.05) is 6.92 Å². The summed E-state index contributed by atoms with van der Waals surface area (Å²) in [6.45, 7) is 5.29. The minimum atomic E-state index is -0.544. The molecule has 0 unspecified atom stereocenters. The molecule has 3 rings (SSSR count). The molecule has 0 bridgehead atoms. The topological polar surface area (TPSA) is 72.0 Å². The summed E-state index contributed by atoms with van der Waals surface area (Å²) in [5.74, 6) is 0.683. The molecule has 0 amide bonds. The quantitative estimate of drug-likeness (QED) is 0.866. The molecule has 0 aliphatic heterocycles. The number of esters is 1. The van der Waals surface area contributed by atoms with Crippen molar-refractivity contribution in [2.75, 3.05) is 0 Å². The Hall–Kier alpha value is -1.69. The van der Waals surface area contributed by atoms with E-state index in [-0.39, 0.29) is 11.5 Å². The van der Waals surface area contributed by atoms with Crippen molar-refractivity contribution in [1.29, 1.82) is 0 Å². The van der Waals surface area contributed by atoms with Crippen LogP contribution in [0.5, 0.6) is 0 Å². The summed E-state index contributed by atoms with van der Waals surface area (Å²) in [4.78, 5) is 32.7. The van der Waals surface area contributed by atoms with E-state index in [0.717, 1.165) is 35.0 Å². The Balaban J connectivity index is 2.09. The van der Waals surface area contributed by atoms with Crippen LogP contribution in [0.15, 0.2) is 4.79 Å². The number of H-pyrrole nitrogens is 1. The lowest BCUT2D eigenvalue weighted by Gasteiger charge is -2.17. The van der Waals surface area contributed by atoms with Gasteiger partial charge in [-0.2, -0.15) is 0 Å². The van der Waals surface area contributed by atoms with Gasteiger partial charge in [0.15, 0.2) is 11.9 Å². The summed E-state index contributed by atoms with van der Waals surface area (Å²) in [5.41, 5.74) is 1.04. The molecular weight excluding hydrogens is 288 g/mol. The van der Waals surface area contributed by atoms with Crippen molar-refractivity contribution in [1.82, 2.24) is 9.97 Å². The number of aryl methyl sites for hydroxylation is 1. The Kier molecular flexibility index (Phi) is 3.57. The number of aromatic amines is 1. The number of ether oxygens (including phenoxy) is 1. The molecule has 0 fully saturated rings. The highest BCUT2D eigenvalue weighted by molar-refractivity contribution is 7.18. The number of fused-ring (bicyclic) bond motifs is 3. The van der Waals surface area contributed by atoms with Gasteiger partial charge in [-0.15, -0.1) is 11.3 Å². The first-order chi connectivity index (χ1) is 9.95. The predicted octanol–water partition coefficient (Wildman–Crippen LogP) is 2.73. The minimum absolute atomic E-state index is 0.124. The Morgan fingerprint density at radius 2 is 2.29 bits per heavy atom. The van der Waals surface area contributed by atoms with Crippen molar-refractivity contribution < 1.29 is 9.53 Å². The lowest BCUT2D eigenvalue weighted by molar-refractivity contribution is -0.146. The van der Waals surface area contributed by atoms with Gasteiger partial charge in [-0.05, 0) is 37.7 Å². The number of nitrogens with one attached hydrogen (secondary N) is 1. The maximum Gasteiger partial charge on any atom is 0.303 e. The van der Waals surface area contributed by atoms with E-state index in [1.807, 2.05) is 0 Å². The van der Waals surface area contributed by atoms with Crippen molar-refractivity contribution in [3.63, 3.8) is 0 Å². The smallest absolute Gasteiger partial charge is 0.303 e. The highest BCUT2D eigenvalue weighted by Gasteiger charge is 2.24. The van der Waals surface area contributed by atoms with Crippen LogP contribution >= 0.6 is 11.3 Å². The summed E-state index contributed by atoms with van der Waals surface area (Å²) in [5, 5.41) is 0.723. The first-order valence-electron chi connectivity index (χ1n) is 7.17. The second-order valence-electron chi connectivity index (χ2n) is 5.73. The van der Waals surface area contributed by atoms with E-state index in [1.54, 1.807) is 18.3 Å². The first kappa shape index (κ1) is 14.3. The van der Waals surface area contributed by atoms with Crippen LogP contribution in [0, 0.1) is 5.92 Å². The first-order valence-corrected chi connectivity index (χ1v) is 7.99. The maximum atomic E-state index is 12.4. The second-order valence-corrected chi connectivity index (χ2v) is 6.82. The van der Waals surface area contributed by atoms with Crippen LogP contribution in [-0.4, -0.2) is 15.9 Å². The predicted molar refractivity (Wildman–Crippen MR) is 81.6 cm³/mol. The number of hydrogen-bond donors (Lipinski definition) is 1. The van der Waals surface area contributed by atoms with Crippen molar-refractivity contribution in [3.05, 3.63) is 26.6 Å². The normalized spacial score (nSPS) is 19.3. The second kappa shape index (κ2) is 5.26. The minimum Gasteiger partial charge on any atom is -0.455 e. The molecule has 1 aliphatic rings. The average Bonchev–Trinajstić information content (AvgIpc) is 2.75. The third kappa shape index (κ3) is 2.60. The van der Waals surface area contributed by atoms with Gasteiger partial charge < -0.3 is 9.72 Å². The van der Waals surface area contributed by atoms with E-state index >= 15 is 0 Å². The van der Waals surface area contributed by atoms with Crippen LogP contribution in [0.4, 0.5) is 0 Å². The fourth-order valence-corrected chi connectivity index (χ4v) is 4.25. The van der Waals surface area contributed by atoms with Crippen LogP contribution in [0.1, 0.15) is 49.6 Å². The van der Waals surface area contributed by atoms with Gasteiger partial charge in [0.1, 0.15) is 4.83 Å². The molecule has 0 aromatic carbocycles. The molecule has 2 heterocycles. The number of hydrogen-bond acceptors (Lipinski definition) is 5. The average molecular weight is 306 g/mol. The fraction of sp³-hybridized carbons (Fsp3) is 0.533. The molecule has 2 aromatic heterocycles. The van der Waals surface area contributed by atoms with E-state index in [0.29, 0.717) is 11.7 Å². The summed E-state index contributed by atoms with van der Waals surface area (Å²) in [7, 11) is 0. The summed E-state index contributed by atoms with van der Waals surface area (Å²) >= 11 is 1.60. The summed E-state index contributed by atoms with van der Waals surface area (Å²) in [6, 6.07) is 0. The van der Waals surface area contributed by atoms with E-state index in [1.165, 1.54) is 11.8 Å². The van der Waals surface area contributed by atoms with Gasteiger partial charge in [0.2, 0.25) is 0 Å². The lowest BCUT2D eigenvalue weighted by atomic mass is 9.89. The van der Waals surface area contributed by atoms with Gasteiger partial charge in [0, 0.05) is 11.8 Å². The maximum absolute atomic E-state index is 12.4. The molecule has 1 N–H and O–H groups in total. The fourth-order valence-electron chi connectivity index (χ4n) is 2.86. The number of nitrogens with zero attached hydrogens (tertiary/aromatic N) is 1. The van der Waals surface area contributed by atoms with Crippen molar-refractivity contribution in [2.24, 2.45) is 5.92 Å². The van der Waals surface area contributed by atoms with Gasteiger partial charge in [-0.3, -0.25) is 9.59 Å². The highest BCUT2D eigenvalue weighted by Crippen LogP contribution is 2.35. The molecule has 21 heavy (non-hydrogen) atoms. The molecule has 2 atom stereocenters. The van der Waals surface area contributed by atoms with Gasteiger partial charge in [0.25, 0.3) is 5.56 Å². The third-order valence-corrected chi connectivity index (χ3v) is 5.06. The molecule has 0 spiro atoms. The van der Waals surface area contributed by atoms with Crippen LogP contribution in [0.25, 0.3) is 10.2 Å². The number of thiophene rings is 1. The van der Waals surface area contributed by atoms with E-state index < -0.39 is 6.10 Å². The molecule has 2 aromatic rings. The van der Waals surface area contributed by atoms with E-state index in [9.17, 15) is 9.59 Å². The van der Waals surface area contributed by atoms with Gasteiger partial charge in [0.05, 0.1) is 5.39 Å². The van der Waals surface area contributed by atoms with Crippen molar-refractivity contribution >= 4 is 27.5 Å². The Labute approximate surface area is 126 Å². The molecule has 1 aliphatic carbocycles. The number of carbonyl (C=O) groups excluding carboxylic acids is 1. The standard InChI is InChI=1S/C15H18N2O3S/c1-7-4-5-10-11(6-7)21-15-12(10)14(19)16-13(17-15)8(2)20-9(3)18/h7-8H,4-6H2,1-3H3,(H,16,17,19)/t7-,8-/m0/s1. The summed E-state index contributed by atoms with van der Waals surface area (Å²) < 4.78 is 5.09. The molecule has 0 saturated carbocycles. The summed E-state index contributed by atoms with van der Waals surface area (Å²) in [6.07, 6.45) is 2.53. The van der Waals surface area contributed by atoms with Crippen molar-refractivity contribution in [3.8, 4) is 0 Å². The number of aromatic nitrogens is 2. The van der Waals surface area contributed by atoms with Gasteiger partial charge in [-0.25, -0.2) is 4.98 Å². The van der Waals surface area contributed by atoms with E-state index in [2.05, 4.69) is 16.9 Å². The zero-order valence-corrected chi connectivity index (χ0v) is 13.2. The molecular formula is C15H18N2O3S. The van der Waals surface area contributed by atoms with Crippen LogP contribution in [0.3, 0.4) is 0 Å². The Bertz CT molecular complexity index is 762. The van der Waals surface area contributed by atoms with Crippen molar-refractivity contribution in [2.45, 2.75) is 46.1 Å². The van der Waals surface area contributed by atoms with Crippen LogP contribution in [0.2, 0.25) is 0 Å². The monoisotopic (exact) mass is 306 g/mol. The molecule has 0 radical (unpaired) electrons. The highest BCUT2D eigenvalue weighted by atomic mass is 32.1. The Morgan fingerprint density at radius 1 is 1.52 bits per heavy atom. The number of carbonyl (C=O) groups is 1. The molecule has 0 saturated heterocycles. The largest absolute Gasteiger partial charge is 0.455 e. The van der Waals surface area contributed by atoms with Gasteiger partial charge >= 0.3 is 5.97 Å². The zero-order valence-electron chi connectivity index (χ0n) is 12.4. The SMILES string of the molecule is CC(=O)O[C@@H](C)c1nc2sc3c(c2c(=O)[nH]1)CC[C@H](C)C3. The van der Waals surface area contributed by atoms with Crippen LogP contribution < -0.4 is 5.56 Å².